The number of carbonyl (C=O) groups excluding carboxylic acids is 1. The van der Waals surface area contributed by atoms with E-state index in [-0.39, 0.29) is 0 Å². The zero-order chi connectivity index (χ0) is 16.3. The third-order valence-corrected chi connectivity index (χ3v) is 1.96. The van der Waals surface area contributed by atoms with Crippen LogP contribution < -0.4 is 4.74 Å². The second kappa shape index (κ2) is 6.10. The number of rotatable bonds is 4. The van der Waals surface area contributed by atoms with Crippen LogP contribution in [0.2, 0.25) is 0 Å². The van der Waals surface area contributed by atoms with Crippen molar-refractivity contribution in [1.82, 2.24) is 0 Å². The summed E-state index contributed by atoms with van der Waals surface area (Å²) in [6.45, 7) is -3.55. The van der Waals surface area contributed by atoms with Crippen LogP contribution in [-0.4, -0.2) is 36.6 Å². The Morgan fingerprint density at radius 3 is 2.14 bits per heavy atom. The molecule has 0 aliphatic carbocycles. The van der Waals surface area contributed by atoms with Gasteiger partial charge in [0.25, 0.3) is 0 Å². The molecule has 0 aliphatic heterocycles. The minimum absolute atomic E-state index is 0.455. The molecular weight excluding hydrogens is 310 g/mol. The summed E-state index contributed by atoms with van der Waals surface area (Å²) in [5.74, 6) is -2.74. The molecule has 118 valence electrons. The molecule has 4 nitrogen and oxygen atoms in total. The van der Waals surface area contributed by atoms with E-state index in [1.807, 2.05) is 0 Å². The third kappa shape index (κ3) is 6.23. The number of esters is 1. The van der Waals surface area contributed by atoms with Crippen LogP contribution in [0.3, 0.4) is 0 Å². The van der Waals surface area contributed by atoms with Crippen molar-refractivity contribution in [3.05, 3.63) is 23.8 Å². The van der Waals surface area contributed by atoms with Gasteiger partial charge in [-0.1, -0.05) is 0 Å². The number of phenolic OH excluding ortho intramolecular Hbond substituents is 1. The van der Waals surface area contributed by atoms with Gasteiger partial charge in [0.15, 0.2) is 13.2 Å². The summed E-state index contributed by atoms with van der Waals surface area (Å²) in [4.78, 5) is 11.3. The number of hydrogen-bond acceptors (Lipinski definition) is 4. The van der Waals surface area contributed by atoms with Crippen LogP contribution in [0.4, 0.5) is 26.3 Å². The highest BCUT2D eigenvalue weighted by molar-refractivity contribution is 5.92. The van der Waals surface area contributed by atoms with Crippen LogP contribution in [0, 0.1) is 0 Å². The SMILES string of the molecule is O=C(OCC(F)(F)F)c1cc(OCC(F)(F)F)ccc1O. The van der Waals surface area contributed by atoms with Crippen molar-refractivity contribution in [1.29, 1.82) is 0 Å². The van der Waals surface area contributed by atoms with Crippen LogP contribution >= 0.6 is 0 Å². The van der Waals surface area contributed by atoms with Gasteiger partial charge in [-0.3, -0.25) is 0 Å². The van der Waals surface area contributed by atoms with E-state index in [1.165, 1.54) is 0 Å². The number of aromatic hydroxyl groups is 1. The maximum absolute atomic E-state index is 11.9. The monoisotopic (exact) mass is 318 g/mol. The maximum atomic E-state index is 11.9. The molecule has 0 fully saturated rings. The quantitative estimate of drug-likeness (QED) is 0.685. The first-order chi connectivity index (χ1) is 9.48. The van der Waals surface area contributed by atoms with E-state index in [2.05, 4.69) is 9.47 Å². The molecule has 0 aliphatic rings. The fourth-order valence-corrected chi connectivity index (χ4v) is 1.16. The molecule has 1 aromatic rings. The van der Waals surface area contributed by atoms with Gasteiger partial charge in [0.2, 0.25) is 0 Å². The van der Waals surface area contributed by atoms with E-state index in [0.717, 1.165) is 12.1 Å². The second-order valence-corrected chi connectivity index (χ2v) is 3.77. The lowest BCUT2D eigenvalue weighted by Crippen LogP contribution is -2.21. The molecule has 1 aromatic carbocycles. The maximum Gasteiger partial charge on any atom is 0.422 e. The lowest BCUT2D eigenvalue weighted by Gasteiger charge is -2.12. The molecule has 0 unspecified atom stereocenters. The van der Waals surface area contributed by atoms with Crippen molar-refractivity contribution in [3.63, 3.8) is 0 Å². The second-order valence-electron chi connectivity index (χ2n) is 3.77. The average molecular weight is 318 g/mol. The Bertz CT molecular complexity index is 508. The first-order valence-corrected chi connectivity index (χ1v) is 5.24. The van der Waals surface area contributed by atoms with Gasteiger partial charge in [-0.2, -0.15) is 26.3 Å². The van der Waals surface area contributed by atoms with Gasteiger partial charge in [-0.15, -0.1) is 0 Å². The minimum atomic E-state index is -4.77. The molecule has 21 heavy (non-hydrogen) atoms. The normalized spacial score (nSPS) is 12.1. The van der Waals surface area contributed by atoms with Crippen molar-refractivity contribution < 1.29 is 45.7 Å². The molecule has 0 heterocycles. The average Bonchev–Trinajstić information content (AvgIpc) is 2.33. The molecule has 0 saturated carbocycles. The summed E-state index contributed by atoms with van der Waals surface area (Å²) in [6.07, 6.45) is -9.40. The van der Waals surface area contributed by atoms with Crippen LogP contribution in [0.5, 0.6) is 11.5 Å². The van der Waals surface area contributed by atoms with Gasteiger partial charge in [0.05, 0.1) is 0 Å². The Balaban J connectivity index is 2.80. The number of ether oxygens (including phenoxy) is 2. The van der Waals surface area contributed by atoms with Gasteiger partial charge >= 0.3 is 18.3 Å². The van der Waals surface area contributed by atoms with Crippen LogP contribution in [0.25, 0.3) is 0 Å². The molecular formula is C11H8F6O4. The predicted octanol–water partition coefficient (Wildman–Crippen LogP) is 3.05. The summed E-state index contributed by atoms with van der Waals surface area (Å²) in [6, 6.07) is 2.37. The smallest absolute Gasteiger partial charge is 0.422 e. The third-order valence-electron chi connectivity index (χ3n) is 1.96. The summed E-state index contributed by atoms with van der Waals surface area (Å²) in [5.41, 5.74) is -0.737. The lowest BCUT2D eigenvalue weighted by molar-refractivity contribution is -0.161. The first kappa shape index (κ1) is 16.9. The molecule has 0 radical (unpaired) electrons. The number of halogens is 6. The van der Waals surface area contributed by atoms with Crippen molar-refractivity contribution in [2.45, 2.75) is 12.4 Å². The summed E-state index contributed by atoms with van der Waals surface area (Å²) >= 11 is 0. The van der Waals surface area contributed by atoms with E-state index in [0.29, 0.717) is 6.07 Å². The number of benzene rings is 1. The van der Waals surface area contributed by atoms with Gasteiger partial charge < -0.3 is 14.6 Å². The zero-order valence-electron chi connectivity index (χ0n) is 10.1. The van der Waals surface area contributed by atoms with E-state index < -0.39 is 48.6 Å². The predicted molar refractivity (Wildman–Crippen MR) is 56.0 cm³/mol. The van der Waals surface area contributed by atoms with Crippen molar-refractivity contribution in [3.8, 4) is 11.5 Å². The molecule has 0 atom stereocenters. The number of phenols is 1. The van der Waals surface area contributed by atoms with Gasteiger partial charge in [-0.25, -0.2) is 4.79 Å². The molecule has 1 N–H and O–H groups in total. The van der Waals surface area contributed by atoms with Crippen molar-refractivity contribution >= 4 is 5.97 Å². The Morgan fingerprint density at radius 1 is 1.05 bits per heavy atom. The highest BCUT2D eigenvalue weighted by Crippen LogP contribution is 2.26. The molecule has 10 heteroatoms. The summed E-state index contributed by atoms with van der Waals surface area (Å²) < 4.78 is 79.6. The van der Waals surface area contributed by atoms with Gasteiger partial charge in [-0.05, 0) is 18.2 Å². The molecule has 0 aromatic heterocycles. The van der Waals surface area contributed by atoms with E-state index in [9.17, 15) is 36.2 Å². The number of hydrogen-bond donors (Lipinski definition) is 1. The van der Waals surface area contributed by atoms with Crippen LogP contribution in [0.15, 0.2) is 18.2 Å². The summed E-state index contributed by atoms with van der Waals surface area (Å²) in [5, 5.41) is 9.30. The Morgan fingerprint density at radius 2 is 1.62 bits per heavy atom. The van der Waals surface area contributed by atoms with Crippen molar-refractivity contribution in [2.75, 3.05) is 13.2 Å². The van der Waals surface area contributed by atoms with E-state index in [1.54, 1.807) is 0 Å². The highest BCUT2D eigenvalue weighted by Gasteiger charge is 2.31. The Kier molecular flexibility index (Phi) is 4.92. The highest BCUT2D eigenvalue weighted by atomic mass is 19.4. The van der Waals surface area contributed by atoms with E-state index in [4.69, 9.17) is 0 Å². The van der Waals surface area contributed by atoms with E-state index >= 15 is 0 Å². The minimum Gasteiger partial charge on any atom is -0.507 e. The molecule has 0 spiro atoms. The van der Waals surface area contributed by atoms with Gasteiger partial charge in [0, 0.05) is 0 Å². The Labute approximate surface area is 113 Å². The first-order valence-electron chi connectivity index (χ1n) is 5.24. The Hall–Kier alpha value is -2.13. The summed E-state index contributed by atoms with van der Waals surface area (Å²) in [7, 11) is 0. The van der Waals surface area contributed by atoms with Crippen molar-refractivity contribution in [2.24, 2.45) is 0 Å². The molecule has 0 amide bonds. The fraction of sp³-hybridized carbons (Fsp3) is 0.364. The number of alkyl halides is 6. The molecule has 0 bridgehead atoms. The lowest BCUT2D eigenvalue weighted by atomic mass is 10.2. The molecule has 1 rings (SSSR count). The molecule has 0 saturated heterocycles. The standard InChI is InChI=1S/C11H8F6O4/c12-10(13,14)4-20-6-1-2-8(18)7(3-6)9(19)21-5-11(15,16)17/h1-3,18H,4-5H2. The zero-order valence-corrected chi connectivity index (χ0v) is 10.1. The van der Waals surface area contributed by atoms with Crippen LogP contribution in [-0.2, 0) is 4.74 Å². The largest absolute Gasteiger partial charge is 0.507 e. The topological polar surface area (TPSA) is 55.8 Å². The fourth-order valence-electron chi connectivity index (χ4n) is 1.16. The van der Waals surface area contributed by atoms with Gasteiger partial charge in [0.1, 0.15) is 17.1 Å². The van der Waals surface area contributed by atoms with Crippen LogP contribution in [0.1, 0.15) is 10.4 Å². The number of carbonyl (C=O) groups is 1.